The number of Topliss-reactive ketones (excluding diaryl/α,β-unsaturated/α-hetero) is 1. The number of carbonyl (C=O) groups is 1. The molecule has 0 bridgehead atoms. The van der Waals surface area contributed by atoms with Crippen molar-refractivity contribution in [2.75, 3.05) is 0 Å². The zero-order valence-electron chi connectivity index (χ0n) is 12.6. The minimum absolute atomic E-state index is 0.165. The van der Waals surface area contributed by atoms with Crippen molar-refractivity contribution in [2.45, 2.75) is 17.4 Å². The molecule has 0 saturated heterocycles. The molecule has 1 heterocycles. The number of hydrogen-bond donors (Lipinski definition) is 0. The first-order valence-electron chi connectivity index (χ1n) is 7.09. The molecule has 3 aromatic rings. The molecule has 0 amide bonds. The summed E-state index contributed by atoms with van der Waals surface area (Å²) in [7, 11) is 0. The Morgan fingerprint density at radius 2 is 1.58 bits per heavy atom. The number of ketones is 1. The van der Waals surface area contributed by atoms with Crippen LogP contribution in [0, 0.1) is 11.6 Å². The van der Waals surface area contributed by atoms with Crippen LogP contribution >= 0.6 is 11.8 Å². The summed E-state index contributed by atoms with van der Waals surface area (Å²) in [6, 6.07) is 11.0. The van der Waals surface area contributed by atoms with Crippen molar-refractivity contribution in [1.82, 2.24) is 10.2 Å². The van der Waals surface area contributed by atoms with Gasteiger partial charge in [0.2, 0.25) is 5.89 Å². The molecule has 24 heavy (non-hydrogen) atoms. The number of hydrogen-bond acceptors (Lipinski definition) is 5. The molecule has 7 heteroatoms. The first kappa shape index (κ1) is 16.3. The summed E-state index contributed by atoms with van der Waals surface area (Å²) in [5, 5.41) is 7.54. The van der Waals surface area contributed by atoms with Crippen molar-refractivity contribution < 1.29 is 18.0 Å². The molecular formula is C17H12F2N2O2S. The van der Waals surface area contributed by atoms with E-state index >= 15 is 0 Å². The molecule has 0 unspecified atom stereocenters. The lowest BCUT2D eigenvalue weighted by Gasteiger charge is -2.07. The highest BCUT2D eigenvalue weighted by molar-refractivity contribution is 8.00. The summed E-state index contributed by atoms with van der Waals surface area (Å²) in [5.74, 6) is -0.667. The van der Waals surface area contributed by atoms with Gasteiger partial charge in [-0.15, -0.1) is 10.2 Å². The van der Waals surface area contributed by atoms with Gasteiger partial charge in [0.15, 0.2) is 5.78 Å². The Bertz CT molecular complexity index is 848. The van der Waals surface area contributed by atoms with Crippen LogP contribution in [0.2, 0.25) is 0 Å². The number of aromatic nitrogens is 2. The van der Waals surface area contributed by atoms with Crippen LogP contribution < -0.4 is 0 Å². The third-order valence-corrected chi connectivity index (χ3v) is 4.21. The standard InChI is InChI=1S/C17H12F2N2O2S/c1-10(15(22)11-2-6-13(18)7-3-11)24-17-21-20-16(23-17)12-4-8-14(19)9-5-12/h2-10H,1H3/t10-/m0/s1. The molecule has 0 aliphatic carbocycles. The van der Waals surface area contributed by atoms with Gasteiger partial charge in [-0.25, -0.2) is 8.78 Å². The van der Waals surface area contributed by atoms with Gasteiger partial charge in [-0.2, -0.15) is 0 Å². The second kappa shape index (κ2) is 6.92. The second-order valence-electron chi connectivity index (χ2n) is 5.01. The summed E-state index contributed by atoms with van der Waals surface area (Å²) in [4.78, 5) is 12.3. The topological polar surface area (TPSA) is 56.0 Å². The van der Waals surface area contributed by atoms with Crippen LogP contribution in [0.3, 0.4) is 0 Å². The number of benzene rings is 2. The molecule has 0 fully saturated rings. The average Bonchev–Trinajstić information content (AvgIpc) is 3.04. The lowest BCUT2D eigenvalue weighted by molar-refractivity contribution is 0.0993. The third-order valence-electron chi connectivity index (χ3n) is 3.27. The maximum absolute atomic E-state index is 12.9. The van der Waals surface area contributed by atoms with E-state index in [1.54, 1.807) is 6.92 Å². The van der Waals surface area contributed by atoms with Crippen molar-refractivity contribution in [1.29, 1.82) is 0 Å². The van der Waals surface area contributed by atoms with Gasteiger partial charge in [-0.05, 0) is 55.5 Å². The van der Waals surface area contributed by atoms with Gasteiger partial charge in [0, 0.05) is 11.1 Å². The van der Waals surface area contributed by atoms with E-state index in [1.807, 2.05) is 0 Å². The van der Waals surface area contributed by atoms with Crippen LogP contribution in [-0.2, 0) is 0 Å². The van der Waals surface area contributed by atoms with Crippen LogP contribution in [0.25, 0.3) is 11.5 Å². The zero-order valence-corrected chi connectivity index (χ0v) is 13.4. The predicted molar refractivity (Wildman–Crippen MR) is 85.7 cm³/mol. The lowest BCUT2D eigenvalue weighted by Crippen LogP contribution is -2.13. The van der Waals surface area contributed by atoms with Crippen molar-refractivity contribution >= 4 is 17.5 Å². The zero-order chi connectivity index (χ0) is 17.1. The normalized spacial score (nSPS) is 12.1. The molecule has 1 atom stereocenters. The Morgan fingerprint density at radius 1 is 1.00 bits per heavy atom. The maximum atomic E-state index is 12.9. The lowest BCUT2D eigenvalue weighted by atomic mass is 10.1. The van der Waals surface area contributed by atoms with E-state index in [1.165, 1.54) is 48.5 Å². The molecule has 0 aliphatic heterocycles. The molecular weight excluding hydrogens is 334 g/mol. The molecule has 0 spiro atoms. The minimum Gasteiger partial charge on any atom is -0.411 e. The van der Waals surface area contributed by atoms with E-state index in [0.717, 1.165) is 11.8 Å². The third kappa shape index (κ3) is 3.68. The average molecular weight is 346 g/mol. The molecule has 3 rings (SSSR count). The number of nitrogens with zero attached hydrogens (tertiary/aromatic N) is 2. The Morgan fingerprint density at radius 3 is 2.21 bits per heavy atom. The minimum atomic E-state index is -0.475. The molecule has 1 aromatic heterocycles. The summed E-state index contributed by atoms with van der Waals surface area (Å²) in [5.41, 5.74) is 1.00. The van der Waals surface area contributed by atoms with E-state index in [-0.39, 0.29) is 22.7 Å². The number of rotatable bonds is 5. The van der Waals surface area contributed by atoms with E-state index < -0.39 is 11.1 Å². The molecule has 0 saturated carbocycles. The van der Waals surface area contributed by atoms with Gasteiger partial charge in [0.1, 0.15) is 11.6 Å². The molecule has 0 radical (unpaired) electrons. The van der Waals surface area contributed by atoms with Crippen molar-refractivity contribution in [3.05, 3.63) is 65.7 Å². The second-order valence-corrected chi connectivity index (χ2v) is 6.30. The summed E-state index contributed by atoms with van der Waals surface area (Å²) in [6.45, 7) is 1.71. The van der Waals surface area contributed by atoms with Gasteiger partial charge >= 0.3 is 0 Å². The summed E-state index contributed by atoms with van der Waals surface area (Å²) < 4.78 is 31.3. The van der Waals surface area contributed by atoms with Gasteiger partial charge in [-0.1, -0.05) is 11.8 Å². The first-order valence-corrected chi connectivity index (χ1v) is 7.97. The van der Waals surface area contributed by atoms with Crippen LogP contribution in [-0.4, -0.2) is 21.2 Å². The summed E-state index contributed by atoms with van der Waals surface area (Å²) >= 11 is 1.11. The Balaban J connectivity index is 1.70. The Kier molecular flexibility index (Phi) is 4.71. The Hall–Kier alpha value is -2.54. The van der Waals surface area contributed by atoms with E-state index in [0.29, 0.717) is 11.1 Å². The molecule has 122 valence electrons. The highest BCUT2D eigenvalue weighted by Crippen LogP contribution is 2.27. The van der Waals surface area contributed by atoms with E-state index in [4.69, 9.17) is 4.42 Å². The Labute approximate surface area is 140 Å². The highest BCUT2D eigenvalue weighted by Gasteiger charge is 2.20. The molecule has 2 aromatic carbocycles. The summed E-state index contributed by atoms with van der Waals surface area (Å²) in [6.07, 6.45) is 0. The fourth-order valence-corrected chi connectivity index (χ4v) is 2.78. The molecule has 4 nitrogen and oxygen atoms in total. The van der Waals surface area contributed by atoms with Crippen molar-refractivity contribution in [2.24, 2.45) is 0 Å². The first-order chi connectivity index (χ1) is 11.5. The smallest absolute Gasteiger partial charge is 0.277 e. The van der Waals surface area contributed by atoms with E-state index in [2.05, 4.69) is 10.2 Å². The monoisotopic (exact) mass is 346 g/mol. The van der Waals surface area contributed by atoms with Crippen LogP contribution in [0.1, 0.15) is 17.3 Å². The SMILES string of the molecule is C[C@H](Sc1nnc(-c2ccc(F)cc2)o1)C(=O)c1ccc(F)cc1. The number of thioether (sulfide) groups is 1. The van der Waals surface area contributed by atoms with Gasteiger partial charge in [-0.3, -0.25) is 4.79 Å². The van der Waals surface area contributed by atoms with Crippen LogP contribution in [0.4, 0.5) is 8.78 Å². The van der Waals surface area contributed by atoms with Crippen molar-refractivity contribution in [3.8, 4) is 11.5 Å². The fourth-order valence-electron chi connectivity index (χ4n) is 2.02. The predicted octanol–water partition coefficient (Wildman–Crippen LogP) is 4.38. The number of halogens is 2. The van der Waals surface area contributed by atoms with Gasteiger partial charge < -0.3 is 4.42 Å². The van der Waals surface area contributed by atoms with Crippen molar-refractivity contribution in [3.63, 3.8) is 0 Å². The van der Waals surface area contributed by atoms with Gasteiger partial charge in [0.05, 0.1) is 5.25 Å². The fraction of sp³-hybridized carbons (Fsp3) is 0.118. The molecule has 0 aliphatic rings. The molecule has 0 N–H and O–H groups in total. The van der Waals surface area contributed by atoms with E-state index in [9.17, 15) is 13.6 Å². The van der Waals surface area contributed by atoms with Crippen LogP contribution in [0.5, 0.6) is 0 Å². The van der Waals surface area contributed by atoms with Crippen LogP contribution in [0.15, 0.2) is 58.2 Å². The number of carbonyl (C=O) groups excluding carboxylic acids is 1. The maximum Gasteiger partial charge on any atom is 0.277 e. The highest BCUT2D eigenvalue weighted by atomic mass is 32.2. The van der Waals surface area contributed by atoms with Gasteiger partial charge in [0.25, 0.3) is 5.22 Å². The quantitative estimate of drug-likeness (QED) is 0.507. The largest absolute Gasteiger partial charge is 0.411 e.